The van der Waals surface area contributed by atoms with Gasteiger partial charge in [-0.2, -0.15) is 0 Å². The molecule has 0 aliphatic carbocycles. The van der Waals surface area contributed by atoms with E-state index in [2.05, 4.69) is 57.1 Å². The Bertz CT molecular complexity index is 3420. The van der Waals surface area contributed by atoms with E-state index in [-0.39, 0.29) is 60.5 Å². The van der Waals surface area contributed by atoms with E-state index in [4.69, 9.17) is 28.9 Å². The summed E-state index contributed by atoms with van der Waals surface area (Å²) in [6.07, 6.45) is 15.2. The van der Waals surface area contributed by atoms with E-state index in [9.17, 15) is 33.6 Å². The summed E-state index contributed by atoms with van der Waals surface area (Å²) in [6.45, 7) is 10.4. The fraction of sp³-hybridized carbons (Fsp3) is 0.409. The zero-order valence-corrected chi connectivity index (χ0v) is 50.2. The molecular formula is C66H76N10O11. The number of rotatable bonds is 25. The van der Waals surface area contributed by atoms with Gasteiger partial charge in [0.25, 0.3) is 23.6 Å². The lowest BCUT2D eigenvalue weighted by atomic mass is 10.0. The van der Waals surface area contributed by atoms with Crippen molar-refractivity contribution in [2.45, 2.75) is 103 Å². The Morgan fingerprint density at radius 2 is 1.13 bits per heavy atom. The van der Waals surface area contributed by atoms with Crippen LogP contribution in [0.25, 0.3) is 11.1 Å². The maximum Gasteiger partial charge on any atom is 0.260 e. The van der Waals surface area contributed by atoms with Crippen molar-refractivity contribution in [1.82, 2.24) is 30.2 Å². The molecule has 3 N–H and O–H groups in total. The number of methoxy groups -OCH3 is 2. The summed E-state index contributed by atoms with van der Waals surface area (Å²) < 4.78 is 23.9. The smallest absolute Gasteiger partial charge is 0.260 e. The van der Waals surface area contributed by atoms with Crippen LogP contribution in [0.15, 0.2) is 107 Å². The van der Waals surface area contributed by atoms with Gasteiger partial charge < -0.3 is 54.5 Å². The lowest BCUT2D eigenvalue weighted by Gasteiger charge is -2.34. The minimum Gasteiger partial charge on any atom is -0.493 e. The lowest BCUT2D eigenvalue weighted by Crippen LogP contribution is -2.53. The number of benzene rings is 4. The number of unbranched alkanes of at least 4 members (excludes halogenated alkanes) is 4. The van der Waals surface area contributed by atoms with Gasteiger partial charge in [0.1, 0.15) is 12.1 Å². The fourth-order valence-electron chi connectivity index (χ4n) is 11.4. The molecule has 7 amide bonds. The fourth-order valence-corrected chi connectivity index (χ4v) is 11.4. The molecule has 6 aliphatic rings. The number of likely N-dealkylation sites (N-methyl/N-ethyl adjacent to an activating group) is 1. The van der Waals surface area contributed by atoms with Crippen molar-refractivity contribution in [3.63, 3.8) is 0 Å². The highest BCUT2D eigenvalue weighted by Gasteiger charge is 2.36. The van der Waals surface area contributed by atoms with E-state index in [0.29, 0.717) is 103 Å². The van der Waals surface area contributed by atoms with Crippen molar-refractivity contribution in [3.8, 4) is 23.0 Å². The third-order valence-electron chi connectivity index (χ3n) is 16.6. The molecule has 0 bridgehead atoms. The van der Waals surface area contributed by atoms with Crippen LogP contribution < -0.4 is 39.8 Å². The van der Waals surface area contributed by atoms with Crippen molar-refractivity contribution in [3.05, 3.63) is 120 Å². The van der Waals surface area contributed by atoms with E-state index in [0.717, 1.165) is 61.3 Å². The third-order valence-corrected chi connectivity index (χ3v) is 16.6. The van der Waals surface area contributed by atoms with Gasteiger partial charge in [0.15, 0.2) is 23.0 Å². The van der Waals surface area contributed by atoms with Gasteiger partial charge in [-0.15, -0.1) is 0 Å². The molecule has 1 saturated heterocycles. The first-order valence-corrected chi connectivity index (χ1v) is 30.0. The Labute approximate surface area is 507 Å². The first kappa shape index (κ1) is 61.0. The Morgan fingerprint density at radius 1 is 0.609 bits per heavy atom. The standard InChI is InChI=1S/C66H76N10O11/c1-41(2)62(71-59(77)13-9-7-10-24-74-60(78)22-23-61(74)79)64(81)69-42(3)63(80)70-47-18-14-43(15-19-47)45-31-49-37-67-53-35-57(55(84-5)33-51(53)65(82)75(49)39-45)86-29-11-8-12-30-87-58-36-54-52(34-56(58)85-6)66(83)76-40-46(32-50(76)38-68-54)44-16-20-48(21-17-44)73-27-25-72(4)26-28-73/h14-23,33-42,49-50,62H,7-13,24-32H2,1-6H3,(H,69,81)(H,70,80)(H,71,77)/t42-,49-,50-,62?/m0/s1. The number of ether oxygens (including phenoxy) is 4. The number of aliphatic imine (C=N–C) groups is 2. The Kier molecular flexibility index (Phi) is 19.3. The number of piperazine rings is 1. The second-order valence-electron chi connectivity index (χ2n) is 23.0. The molecule has 0 saturated carbocycles. The maximum atomic E-state index is 14.1. The summed E-state index contributed by atoms with van der Waals surface area (Å²) in [5.74, 6) is -0.689. The predicted molar refractivity (Wildman–Crippen MR) is 332 cm³/mol. The molecule has 87 heavy (non-hydrogen) atoms. The molecule has 6 heterocycles. The Morgan fingerprint density at radius 3 is 1.64 bits per heavy atom. The molecule has 6 aliphatic heterocycles. The van der Waals surface area contributed by atoms with Gasteiger partial charge in [0.05, 0.1) is 62.0 Å². The van der Waals surface area contributed by atoms with E-state index >= 15 is 0 Å². The molecule has 21 nitrogen and oxygen atoms in total. The van der Waals surface area contributed by atoms with Gasteiger partial charge in [-0.25, -0.2) is 0 Å². The highest BCUT2D eigenvalue weighted by molar-refractivity contribution is 6.13. The van der Waals surface area contributed by atoms with Crippen LogP contribution in [0.2, 0.25) is 0 Å². The van der Waals surface area contributed by atoms with E-state index in [1.807, 2.05) is 30.7 Å². The molecule has 0 radical (unpaired) electrons. The van der Waals surface area contributed by atoms with Gasteiger partial charge in [0, 0.05) is 112 Å². The van der Waals surface area contributed by atoms with Crippen LogP contribution in [0, 0.1) is 5.92 Å². The van der Waals surface area contributed by atoms with Gasteiger partial charge in [-0.05, 0) is 111 Å². The average molecular weight is 1190 g/mol. The molecule has 4 aromatic carbocycles. The Balaban J connectivity index is 0.657. The van der Waals surface area contributed by atoms with E-state index in [1.54, 1.807) is 80.3 Å². The largest absolute Gasteiger partial charge is 0.493 e. The summed E-state index contributed by atoms with van der Waals surface area (Å²) in [4.78, 5) is 110. The van der Waals surface area contributed by atoms with E-state index in [1.165, 1.54) is 29.8 Å². The molecular weight excluding hydrogens is 1110 g/mol. The first-order chi connectivity index (χ1) is 42.0. The van der Waals surface area contributed by atoms with Crippen molar-refractivity contribution in [2.24, 2.45) is 15.9 Å². The Hall–Kier alpha value is -9.11. The highest BCUT2D eigenvalue weighted by Crippen LogP contribution is 2.42. The number of amides is 7. The summed E-state index contributed by atoms with van der Waals surface area (Å²) in [6, 6.07) is 20.4. The average Bonchev–Trinajstić information content (AvgIpc) is 2.44. The maximum absolute atomic E-state index is 14.1. The van der Waals surface area contributed by atoms with Crippen LogP contribution in [0.4, 0.5) is 22.7 Å². The number of imide groups is 1. The summed E-state index contributed by atoms with van der Waals surface area (Å²) in [5, 5.41) is 8.36. The molecule has 4 aromatic rings. The second kappa shape index (κ2) is 27.5. The van der Waals surface area contributed by atoms with Crippen LogP contribution in [0.5, 0.6) is 23.0 Å². The number of carbonyl (C=O) groups is 7. The van der Waals surface area contributed by atoms with Crippen LogP contribution >= 0.6 is 0 Å². The molecule has 456 valence electrons. The number of nitrogens with zero attached hydrogens (tertiary/aromatic N) is 7. The molecule has 0 aromatic heterocycles. The number of hydrogen-bond acceptors (Lipinski definition) is 15. The number of hydrogen-bond donors (Lipinski definition) is 3. The van der Waals surface area contributed by atoms with Crippen molar-refractivity contribution < 1.29 is 52.5 Å². The minimum absolute atomic E-state index is 0.138. The quantitative estimate of drug-likeness (QED) is 0.0421. The second-order valence-corrected chi connectivity index (χ2v) is 23.0. The molecule has 10 rings (SSSR count). The zero-order chi connectivity index (χ0) is 61.3. The highest BCUT2D eigenvalue weighted by atomic mass is 16.5. The van der Waals surface area contributed by atoms with Crippen molar-refractivity contribution in [2.75, 3.05) is 77.4 Å². The normalized spacial score (nSPS) is 18.5. The first-order valence-electron chi connectivity index (χ1n) is 30.0. The van der Waals surface area contributed by atoms with Crippen molar-refractivity contribution >= 4 is 87.7 Å². The SMILES string of the molecule is COc1cc2c(cc1OCCCCCOc1cc3c(cc1OC)C(=O)N1C=C(c4ccc(N5CCN(C)CC5)cc4)C[C@H]1C=N3)N=C[C@@H]1CC(c3ccc(NC(=O)[C@H](C)NC(=O)C(NC(=O)CCCCCN4C(=O)C=CC4=O)C(C)C)cc3)=CN1C2=O. The summed E-state index contributed by atoms with van der Waals surface area (Å²) in [7, 11) is 5.25. The molecule has 1 fully saturated rings. The zero-order valence-electron chi connectivity index (χ0n) is 50.2. The number of nitrogens with one attached hydrogen (secondary N) is 3. The van der Waals surface area contributed by atoms with Crippen LogP contribution in [-0.4, -0.2) is 165 Å². The molecule has 4 atom stereocenters. The van der Waals surface area contributed by atoms with E-state index < -0.39 is 23.9 Å². The summed E-state index contributed by atoms with van der Waals surface area (Å²) in [5.41, 5.74) is 7.51. The monoisotopic (exact) mass is 1180 g/mol. The third kappa shape index (κ3) is 14.3. The molecule has 0 spiro atoms. The van der Waals surface area contributed by atoms with Crippen LogP contribution in [0.1, 0.15) is 110 Å². The molecule has 21 heteroatoms. The summed E-state index contributed by atoms with van der Waals surface area (Å²) >= 11 is 0. The van der Waals surface area contributed by atoms with Gasteiger partial charge in [0.2, 0.25) is 17.7 Å². The number of anilines is 2. The topological polar surface area (TPSA) is 233 Å². The van der Waals surface area contributed by atoms with Crippen LogP contribution in [-0.2, 0) is 24.0 Å². The number of fused-ring (bicyclic) bond motifs is 4. The van der Waals surface area contributed by atoms with Gasteiger partial charge in [-0.1, -0.05) is 44.5 Å². The minimum atomic E-state index is -0.921. The van der Waals surface area contributed by atoms with Crippen molar-refractivity contribution in [1.29, 1.82) is 0 Å². The lowest BCUT2D eigenvalue weighted by molar-refractivity contribution is -0.137. The number of carbonyl (C=O) groups excluding carboxylic acids is 7. The molecule has 1 unspecified atom stereocenters. The predicted octanol–water partition coefficient (Wildman–Crippen LogP) is 8.10. The van der Waals surface area contributed by atoms with Gasteiger partial charge >= 0.3 is 0 Å². The van der Waals surface area contributed by atoms with Crippen LogP contribution in [0.3, 0.4) is 0 Å². The van der Waals surface area contributed by atoms with Gasteiger partial charge in [-0.3, -0.25) is 48.4 Å².